The molecule has 0 aliphatic carbocycles. The minimum absolute atomic E-state index is 0.657. The van der Waals surface area contributed by atoms with Gasteiger partial charge in [-0.25, -0.2) is 0 Å². The number of fused-ring (bicyclic) bond motifs is 2. The van der Waals surface area contributed by atoms with E-state index in [0.29, 0.717) is 6.54 Å². The lowest BCUT2D eigenvalue weighted by molar-refractivity contribution is 0.415. The lowest BCUT2D eigenvalue weighted by Crippen LogP contribution is -2.02. The number of hydrogen-bond acceptors (Lipinski definition) is 4. The first-order valence-corrected chi connectivity index (χ1v) is 7.83. The molecular weight excluding hydrogens is 300 g/mol. The third kappa shape index (κ3) is 2.54. The average Bonchev–Trinajstić information content (AvgIpc) is 2.96. The van der Waals surface area contributed by atoms with Crippen LogP contribution in [0, 0.1) is 0 Å². The number of hydrogen-bond donors (Lipinski definition) is 1. The number of para-hydroxylation sites is 1. The zero-order valence-electron chi connectivity index (χ0n) is 13.7. The summed E-state index contributed by atoms with van der Waals surface area (Å²) in [5.41, 5.74) is 4.06. The zero-order chi connectivity index (χ0) is 16.5. The summed E-state index contributed by atoms with van der Waals surface area (Å²) in [6.45, 7) is 0.657. The molecular formula is C19H18N4O. The third-order valence-electron chi connectivity index (χ3n) is 4.19. The van der Waals surface area contributed by atoms with E-state index >= 15 is 0 Å². The fourth-order valence-corrected chi connectivity index (χ4v) is 2.93. The summed E-state index contributed by atoms with van der Waals surface area (Å²) in [5.74, 6) is 0.815. The number of ether oxygens (including phenoxy) is 1. The van der Waals surface area contributed by atoms with Gasteiger partial charge < -0.3 is 10.1 Å². The first kappa shape index (κ1) is 14.5. The van der Waals surface area contributed by atoms with Crippen molar-refractivity contribution in [2.45, 2.75) is 6.54 Å². The summed E-state index contributed by atoms with van der Waals surface area (Å²) in [6.07, 6.45) is 1.84. The molecule has 0 amide bonds. The molecule has 0 saturated carbocycles. The van der Waals surface area contributed by atoms with E-state index in [9.17, 15) is 0 Å². The van der Waals surface area contributed by atoms with Crippen molar-refractivity contribution in [1.29, 1.82) is 0 Å². The Bertz CT molecular complexity index is 1020. The fraction of sp³-hybridized carbons (Fsp3) is 0.158. The van der Waals surface area contributed by atoms with Crippen LogP contribution in [0.1, 0.15) is 5.69 Å². The van der Waals surface area contributed by atoms with Gasteiger partial charge in [-0.15, -0.1) is 0 Å². The molecule has 4 aromatic rings. The predicted molar refractivity (Wildman–Crippen MR) is 96.3 cm³/mol. The smallest absolute Gasteiger partial charge is 0.121 e. The van der Waals surface area contributed by atoms with Crippen LogP contribution in [0.25, 0.3) is 21.8 Å². The van der Waals surface area contributed by atoms with Gasteiger partial charge in [-0.3, -0.25) is 9.67 Å². The molecule has 5 nitrogen and oxygen atoms in total. The van der Waals surface area contributed by atoms with E-state index < -0.39 is 0 Å². The molecule has 1 N–H and O–H groups in total. The molecule has 0 spiro atoms. The van der Waals surface area contributed by atoms with Gasteiger partial charge in [0, 0.05) is 23.9 Å². The van der Waals surface area contributed by atoms with Crippen molar-refractivity contribution >= 4 is 27.5 Å². The Kier molecular flexibility index (Phi) is 3.54. The van der Waals surface area contributed by atoms with Gasteiger partial charge in [-0.05, 0) is 24.3 Å². The Balaban J connectivity index is 1.60. The highest BCUT2D eigenvalue weighted by atomic mass is 16.5. The summed E-state index contributed by atoms with van der Waals surface area (Å²) in [7, 11) is 3.63. The Labute approximate surface area is 139 Å². The summed E-state index contributed by atoms with van der Waals surface area (Å²) >= 11 is 0. The number of rotatable bonds is 4. The molecule has 0 bridgehead atoms. The highest BCUT2D eigenvalue weighted by molar-refractivity contribution is 5.84. The maximum atomic E-state index is 5.23. The molecule has 2 aromatic heterocycles. The van der Waals surface area contributed by atoms with Crippen LogP contribution in [0.3, 0.4) is 0 Å². The minimum atomic E-state index is 0.657. The van der Waals surface area contributed by atoms with Gasteiger partial charge in [-0.1, -0.05) is 18.2 Å². The van der Waals surface area contributed by atoms with Crippen molar-refractivity contribution in [2.24, 2.45) is 7.05 Å². The van der Waals surface area contributed by atoms with Crippen LogP contribution in [0.15, 0.2) is 54.7 Å². The zero-order valence-corrected chi connectivity index (χ0v) is 13.7. The molecule has 0 fully saturated rings. The normalized spacial score (nSPS) is 11.1. The Morgan fingerprint density at radius 1 is 1.12 bits per heavy atom. The first-order chi connectivity index (χ1) is 11.7. The van der Waals surface area contributed by atoms with E-state index in [1.807, 2.05) is 48.3 Å². The van der Waals surface area contributed by atoms with Gasteiger partial charge in [0.1, 0.15) is 5.75 Å². The molecule has 120 valence electrons. The van der Waals surface area contributed by atoms with Crippen LogP contribution in [-0.4, -0.2) is 21.9 Å². The van der Waals surface area contributed by atoms with Gasteiger partial charge in [0.15, 0.2) is 0 Å². The number of nitrogens with zero attached hydrogens (tertiary/aromatic N) is 3. The molecule has 2 heterocycles. The second-order valence-corrected chi connectivity index (χ2v) is 5.72. The lowest BCUT2D eigenvalue weighted by atomic mass is 10.2. The van der Waals surface area contributed by atoms with E-state index in [1.165, 1.54) is 5.39 Å². The highest BCUT2D eigenvalue weighted by Gasteiger charge is 2.08. The molecule has 5 heteroatoms. The Morgan fingerprint density at radius 2 is 2.00 bits per heavy atom. The van der Waals surface area contributed by atoms with E-state index in [0.717, 1.165) is 33.6 Å². The maximum Gasteiger partial charge on any atom is 0.121 e. The lowest BCUT2D eigenvalue weighted by Gasteiger charge is -2.07. The quantitative estimate of drug-likeness (QED) is 0.623. The average molecular weight is 318 g/mol. The van der Waals surface area contributed by atoms with Gasteiger partial charge >= 0.3 is 0 Å². The van der Waals surface area contributed by atoms with Crippen LogP contribution >= 0.6 is 0 Å². The number of nitrogens with one attached hydrogen (secondary N) is 1. The van der Waals surface area contributed by atoms with Crippen LogP contribution in [0.4, 0.5) is 5.69 Å². The second-order valence-electron chi connectivity index (χ2n) is 5.72. The number of methoxy groups -OCH3 is 1. The number of anilines is 1. The summed E-state index contributed by atoms with van der Waals surface area (Å²) < 4.78 is 7.15. The topological polar surface area (TPSA) is 52.0 Å². The number of benzene rings is 2. The van der Waals surface area contributed by atoms with Crippen molar-refractivity contribution < 1.29 is 4.74 Å². The fourth-order valence-electron chi connectivity index (χ4n) is 2.93. The predicted octanol–water partition coefficient (Wildman–Crippen LogP) is 3.74. The molecule has 2 aromatic carbocycles. The third-order valence-corrected chi connectivity index (χ3v) is 4.19. The van der Waals surface area contributed by atoms with Gasteiger partial charge in [0.25, 0.3) is 0 Å². The van der Waals surface area contributed by atoms with E-state index in [1.54, 1.807) is 7.11 Å². The molecule has 0 atom stereocenters. The molecule has 24 heavy (non-hydrogen) atoms. The molecule has 0 aliphatic heterocycles. The van der Waals surface area contributed by atoms with E-state index in [-0.39, 0.29) is 0 Å². The first-order valence-electron chi connectivity index (χ1n) is 7.83. The molecule has 0 aliphatic rings. The Hall–Kier alpha value is -3.08. The monoisotopic (exact) mass is 318 g/mol. The number of aryl methyl sites for hydroxylation is 1. The Morgan fingerprint density at radius 3 is 2.88 bits per heavy atom. The van der Waals surface area contributed by atoms with E-state index in [4.69, 9.17) is 4.74 Å². The van der Waals surface area contributed by atoms with Crippen LogP contribution in [-0.2, 0) is 13.6 Å². The van der Waals surface area contributed by atoms with Crippen LogP contribution in [0.5, 0.6) is 5.75 Å². The van der Waals surface area contributed by atoms with Crippen molar-refractivity contribution in [1.82, 2.24) is 14.8 Å². The maximum absolute atomic E-state index is 5.23. The largest absolute Gasteiger partial charge is 0.497 e. The molecule has 0 saturated heterocycles. The number of pyridine rings is 1. The molecule has 0 radical (unpaired) electrons. The van der Waals surface area contributed by atoms with E-state index in [2.05, 4.69) is 33.6 Å². The second kappa shape index (κ2) is 5.85. The van der Waals surface area contributed by atoms with Gasteiger partial charge in [0.2, 0.25) is 0 Å². The minimum Gasteiger partial charge on any atom is -0.497 e. The van der Waals surface area contributed by atoms with Crippen LogP contribution in [0.2, 0.25) is 0 Å². The summed E-state index contributed by atoms with van der Waals surface area (Å²) in [5, 5.41) is 10.3. The van der Waals surface area contributed by atoms with Crippen molar-refractivity contribution in [3.05, 3.63) is 60.4 Å². The highest BCUT2D eigenvalue weighted by Crippen LogP contribution is 2.23. The summed E-state index contributed by atoms with van der Waals surface area (Å²) in [6, 6.07) is 16.2. The SMILES string of the molecule is COc1ccc2cc(NCc3nn(C)c4ccccc34)cnc2c1. The van der Waals surface area contributed by atoms with Crippen LogP contribution < -0.4 is 10.1 Å². The van der Waals surface area contributed by atoms with Gasteiger partial charge in [0.05, 0.1) is 42.3 Å². The molecule has 0 unspecified atom stereocenters. The van der Waals surface area contributed by atoms with Crippen molar-refractivity contribution in [2.75, 3.05) is 12.4 Å². The summed E-state index contributed by atoms with van der Waals surface area (Å²) in [4.78, 5) is 4.50. The molecule has 4 rings (SSSR count). The standard InChI is InChI=1S/C19H18N4O/c1-23-19-6-4-3-5-16(19)18(22-23)12-20-14-9-13-7-8-15(24-2)10-17(13)21-11-14/h3-11,20H,12H2,1-2H3. The van der Waals surface area contributed by atoms with Gasteiger partial charge in [-0.2, -0.15) is 5.10 Å². The van der Waals surface area contributed by atoms with Crippen molar-refractivity contribution in [3.63, 3.8) is 0 Å². The number of aromatic nitrogens is 3. The van der Waals surface area contributed by atoms with Crippen molar-refractivity contribution in [3.8, 4) is 5.75 Å².